The Morgan fingerprint density at radius 2 is 1.92 bits per heavy atom. The Hall–Kier alpha value is -2.33. The van der Waals surface area contributed by atoms with Crippen molar-refractivity contribution >= 4 is 29.1 Å². The third-order valence-electron chi connectivity index (χ3n) is 4.32. The fourth-order valence-electron chi connectivity index (χ4n) is 3.07. The zero-order chi connectivity index (χ0) is 17.3. The summed E-state index contributed by atoms with van der Waals surface area (Å²) >= 11 is 6.19. The Morgan fingerprint density at radius 3 is 2.62 bits per heavy atom. The number of amides is 2. The Morgan fingerprint density at radius 1 is 1.17 bits per heavy atom. The molecule has 2 aromatic carbocycles. The van der Waals surface area contributed by atoms with Gasteiger partial charge in [0.1, 0.15) is 0 Å². The van der Waals surface area contributed by atoms with Crippen LogP contribution < -0.4 is 5.32 Å². The topological polar surface area (TPSA) is 49.4 Å². The van der Waals surface area contributed by atoms with Crippen molar-refractivity contribution in [2.75, 3.05) is 19.4 Å². The molecule has 0 heterocycles. The van der Waals surface area contributed by atoms with E-state index >= 15 is 0 Å². The summed E-state index contributed by atoms with van der Waals surface area (Å²) in [5.41, 5.74) is 3.36. The summed E-state index contributed by atoms with van der Waals surface area (Å²) in [6, 6.07) is 13.0. The zero-order valence-electron chi connectivity index (χ0n) is 13.7. The van der Waals surface area contributed by atoms with Crippen molar-refractivity contribution in [1.82, 2.24) is 4.90 Å². The second-order valence-corrected chi connectivity index (χ2v) is 6.58. The lowest BCUT2D eigenvalue weighted by Gasteiger charge is -2.15. The van der Waals surface area contributed by atoms with E-state index < -0.39 is 0 Å². The number of nitrogens with zero attached hydrogens (tertiary/aromatic N) is 1. The number of aryl methyl sites for hydroxylation is 1. The first-order valence-corrected chi connectivity index (χ1v) is 8.25. The highest BCUT2D eigenvalue weighted by Gasteiger charge is 2.28. The first-order valence-electron chi connectivity index (χ1n) is 7.87. The molecular weight excluding hydrogens is 324 g/mol. The lowest BCUT2D eigenvalue weighted by Crippen LogP contribution is -2.22. The molecule has 0 saturated heterocycles. The van der Waals surface area contributed by atoms with Gasteiger partial charge in [0.2, 0.25) is 5.91 Å². The van der Waals surface area contributed by atoms with Gasteiger partial charge in [0, 0.05) is 19.8 Å². The van der Waals surface area contributed by atoms with Crippen LogP contribution in [-0.4, -0.2) is 30.8 Å². The average molecular weight is 343 g/mol. The van der Waals surface area contributed by atoms with Crippen LogP contribution >= 0.6 is 11.6 Å². The maximum atomic E-state index is 12.6. The number of benzene rings is 2. The molecule has 0 aromatic heterocycles. The van der Waals surface area contributed by atoms with Gasteiger partial charge in [-0.3, -0.25) is 9.59 Å². The molecule has 0 aliphatic heterocycles. The van der Waals surface area contributed by atoms with E-state index in [1.54, 1.807) is 32.3 Å². The number of hydrogen-bond acceptors (Lipinski definition) is 2. The Balaban J connectivity index is 1.76. The van der Waals surface area contributed by atoms with Crippen LogP contribution in [0.2, 0.25) is 5.02 Å². The van der Waals surface area contributed by atoms with Crippen molar-refractivity contribution in [2.24, 2.45) is 0 Å². The minimum Gasteiger partial charge on any atom is -0.345 e. The van der Waals surface area contributed by atoms with Crippen molar-refractivity contribution in [3.63, 3.8) is 0 Å². The quantitative estimate of drug-likeness (QED) is 0.924. The van der Waals surface area contributed by atoms with E-state index in [4.69, 9.17) is 11.6 Å². The van der Waals surface area contributed by atoms with Crippen molar-refractivity contribution in [1.29, 1.82) is 0 Å². The lowest BCUT2D eigenvalue weighted by atomic mass is 10.0. The molecule has 0 spiro atoms. The van der Waals surface area contributed by atoms with E-state index in [1.165, 1.54) is 10.5 Å². The van der Waals surface area contributed by atoms with Gasteiger partial charge in [-0.05, 0) is 42.2 Å². The number of nitrogens with one attached hydrogen (secondary N) is 1. The van der Waals surface area contributed by atoms with Gasteiger partial charge in [-0.2, -0.15) is 0 Å². The number of halogens is 1. The van der Waals surface area contributed by atoms with Crippen LogP contribution in [0.25, 0.3) is 0 Å². The molecule has 1 atom stereocenters. The lowest BCUT2D eigenvalue weighted by molar-refractivity contribution is -0.117. The summed E-state index contributed by atoms with van der Waals surface area (Å²) in [5, 5.41) is 3.24. The largest absolute Gasteiger partial charge is 0.345 e. The highest BCUT2D eigenvalue weighted by molar-refractivity contribution is 6.34. The van der Waals surface area contributed by atoms with E-state index in [0.29, 0.717) is 16.3 Å². The maximum Gasteiger partial charge on any atom is 0.254 e. The van der Waals surface area contributed by atoms with Gasteiger partial charge in [-0.1, -0.05) is 35.9 Å². The van der Waals surface area contributed by atoms with Gasteiger partial charge in [-0.15, -0.1) is 0 Å². The fourth-order valence-corrected chi connectivity index (χ4v) is 3.33. The summed E-state index contributed by atoms with van der Waals surface area (Å²) < 4.78 is 0. The molecule has 2 amide bonds. The summed E-state index contributed by atoms with van der Waals surface area (Å²) in [7, 11) is 3.35. The Kier molecular flexibility index (Phi) is 4.58. The minimum absolute atomic E-state index is 0.0392. The molecule has 0 unspecified atom stereocenters. The smallest absolute Gasteiger partial charge is 0.254 e. The number of anilines is 1. The average Bonchev–Trinajstić information content (AvgIpc) is 2.98. The molecular formula is C19H19ClN2O2. The van der Waals surface area contributed by atoms with E-state index in [9.17, 15) is 9.59 Å². The van der Waals surface area contributed by atoms with E-state index in [2.05, 4.69) is 11.4 Å². The molecule has 1 N–H and O–H groups in total. The molecule has 5 heteroatoms. The normalized spacial score (nSPS) is 15.7. The zero-order valence-corrected chi connectivity index (χ0v) is 14.4. The third kappa shape index (κ3) is 3.15. The predicted octanol–water partition coefficient (Wildman–Crippen LogP) is 3.71. The van der Waals surface area contributed by atoms with E-state index in [1.807, 2.05) is 18.2 Å². The van der Waals surface area contributed by atoms with Gasteiger partial charge < -0.3 is 10.2 Å². The van der Waals surface area contributed by atoms with Crippen LogP contribution in [-0.2, 0) is 11.2 Å². The van der Waals surface area contributed by atoms with Crippen LogP contribution in [0, 0.1) is 0 Å². The van der Waals surface area contributed by atoms with Gasteiger partial charge in [-0.25, -0.2) is 0 Å². The molecule has 24 heavy (non-hydrogen) atoms. The number of fused-ring (bicyclic) bond motifs is 1. The standard InChI is InChI=1S/C19H19ClN2O2/c1-22(2)19(24)16-10-8-13(11-17(16)20)21-18(23)15-9-7-12-5-3-4-6-14(12)15/h3-6,8,10-11,15H,7,9H2,1-2H3,(H,21,23)/t15-/m1/s1. The molecule has 0 fully saturated rings. The van der Waals surface area contributed by atoms with Gasteiger partial charge >= 0.3 is 0 Å². The van der Waals surface area contributed by atoms with Crippen molar-refractivity contribution in [3.8, 4) is 0 Å². The monoisotopic (exact) mass is 342 g/mol. The molecule has 3 rings (SSSR count). The molecule has 0 bridgehead atoms. The van der Waals surface area contributed by atoms with Gasteiger partial charge in [0.25, 0.3) is 5.91 Å². The van der Waals surface area contributed by atoms with E-state index in [-0.39, 0.29) is 17.7 Å². The van der Waals surface area contributed by atoms with Crippen molar-refractivity contribution in [3.05, 3.63) is 64.2 Å². The van der Waals surface area contributed by atoms with Gasteiger partial charge in [0.05, 0.1) is 16.5 Å². The summed E-state index contributed by atoms with van der Waals surface area (Å²) in [4.78, 5) is 26.1. The molecule has 124 valence electrons. The van der Waals surface area contributed by atoms with Crippen molar-refractivity contribution in [2.45, 2.75) is 18.8 Å². The summed E-state index contributed by atoms with van der Waals surface area (Å²) in [6.07, 6.45) is 1.74. The second-order valence-electron chi connectivity index (χ2n) is 6.17. The fraction of sp³-hybridized carbons (Fsp3) is 0.263. The van der Waals surface area contributed by atoms with Gasteiger partial charge in [0.15, 0.2) is 0 Å². The van der Waals surface area contributed by atoms with Crippen LogP contribution in [0.5, 0.6) is 0 Å². The van der Waals surface area contributed by atoms with Crippen LogP contribution in [0.1, 0.15) is 33.8 Å². The van der Waals surface area contributed by atoms with Crippen LogP contribution in [0.15, 0.2) is 42.5 Å². The number of carbonyl (C=O) groups excluding carboxylic acids is 2. The maximum absolute atomic E-state index is 12.6. The first kappa shape index (κ1) is 16.5. The molecule has 0 radical (unpaired) electrons. The summed E-state index contributed by atoms with van der Waals surface area (Å²) in [5.74, 6) is -0.339. The first-order chi connectivity index (χ1) is 11.5. The molecule has 0 saturated carbocycles. The number of rotatable bonds is 3. The van der Waals surface area contributed by atoms with Crippen molar-refractivity contribution < 1.29 is 9.59 Å². The molecule has 1 aliphatic rings. The van der Waals surface area contributed by atoms with Crippen LogP contribution in [0.3, 0.4) is 0 Å². The Bertz CT molecular complexity index is 802. The Labute approximate surface area is 146 Å². The molecule has 2 aromatic rings. The van der Waals surface area contributed by atoms with E-state index in [0.717, 1.165) is 18.4 Å². The van der Waals surface area contributed by atoms with Crippen LogP contribution in [0.4, 0.5) is 5.69 Å². The SMILES string of the molecule is CN(C)C(=O)c1ccc(NC(=O)[C@@H]2CCc3ccccc32)cc1Cl. The number of carbonyl (C=O) groups is 2. The molecule has 1 aliphatic carbocycles. The predicted molar refractivity (Wildman–Crippen MR) is 95.6 cm³/mol. The highest BCUT2D eigenvalue weighted by Crippen LogP contribution is 2.34. The number of hydrogen-bond donors (Lipinski definition) is 1. The molecule has 4 nitrogen and oxygen atoms in total. The minimum atomic E-state index is -0.164. The second kappa shape index (κ2) is 6.65. The summed E-state index contributed by atoms with van der Waals surface area (Å²) in [6.45, 7) is 0. The third-order valence-corrected chi connectivity index (χ3v) is 4.64. The highest BCUT2D eigenvalue weighted by atomic mass is 35.5.